The van der Waals surface area contributed by atoms with Crippen LogP contribution in [0.2, 0.25) is 0 Å². The van der Waals surface area contributed by atoms with Crippen LogP contribution in [-0.4, -0.2) is 45.0 Å². The molecule has 0 radical (unpaired) electrons. The average molecular weight is 310 g/mol. The van der Waals surface area contributed by atoms with Crippen molar-refractivity contribution in [2.75, 3.05) is 33.0 Å². The Balaban J connectivity index is 2.60. The van der Waals surface area contributed by atoms with Gasteiger partial charge >= 0.3 is 5.97 Å². The molecule has 1 fully saturated rings. The molecular formula is C16H26N2O4. The molecule has 0 aliphatic carbocycles. The number of nitrogens with one attached hydrogen (secondary N) is 1. The SMILES string of the molecule is CCC/C(NCC1CCCO1)=C(\C#N)C(=O)OCCOCC. The van der Waals surface area contributed by atoms with E-state index in [1.165, 1.54) is 0 Å². The van der Waals surface area contributed by atoms with Gasteiger partial charge in [-0.1, -0.05) is 13.3 Å². The highest BCUT2D eigenvalue weighted by molar-refractivity contribution is 5.93. The first kappa shape index (κ1) is 18.5. The maximum Gasteiger partial charge on any atom is 0.350 e. The highest BCUT2D eigenvalue weighted by atomic mass is 16.6. The number of hydrogen-bond donors (Lipinski definition) is 1. The molecule has 0 saturated carbocycles. The van der Waals surface area contributed by atoms with Crippen molar-refractivity contribution >= 4 is 5.97 Å². The predicted octanol–water partition coefficient (Wildman–Crippen LogP) is 1.91. The molecule has 1 N–H and O–H groups in total. The summed E-state index contributed by atoms with van der Waals surface area (Å²) in [4.78, 5) is 12.0. The maximum absolute atomic E-state index is 12.0. The smallest absolute Gasteiger partial charge is 0.350 e. The average Bonchev–Trinajstić information content (AvgIpc) is 3.03. The normalized spacial score (nSPS) is 18.5. The monoisotopic (exact) mass is 310 g/mol. The Labute approximate surface area is 132 Å². The van der Waals surface area contributed by atoms with E-state index in [0.717, 1.165) is 25.9 Å². The number of ether oxygens (including phenoxy) is 3. The number of allylic oxidation sites excluding steroid dienone is 1. The van der Waals surface area contributed by atoms with Crippen LogP contribution in [0.25, 0.3) is 0 Å². The van der Waals surface area contributed by atoms with Gasteiger partial charge in [0.2, 0.25) is 0 Å². The van der Waals surface area contributed by atoms with Gasteiger partial charge in [-0.2, -0.15) is 5.26 Å². The molecule has 1 rings (SSSR count). The summed E-state index contributed by atoms with van der Waals surface area (Å²) >= 11 is 0. The minimum atomic E-state index is -0.592. The van der Waals surface area contributed by atoms with Crippen molar-refractivity contribution in [1.29, 1.82) is 5.26 Å². The van der Waals surface area contributed by atoms with E-state index in [-0.39, 0.29) is 18.3 Å². The Morgan fingerprint density at radius 3 is 2.82 bits per heavy atom. The van der Waals surface area contributed by atoms with Gasteiger partial charge in [0, 0.05) is 25.5 Å². The van der Waals surface area contributed by atoms with Crippen molar-refractivity contribution in [2.45, 2.75) is 45.6 Å². The third-order valence-electron chi connectivity index (χ3n) is 3.35. The molecule has 0 aromatic carbocycles. The molecule has 1 atom stereocenters. The Bertz CT molecular complexity index is 409. The van der Waals surface area contributed by atoms with Gasteiger partial charge < -0.3 is 19.5 Å². The van der Waals surface area contributed by atoms with E-state index in [1.807, 2.05) is 19.9 Å². The maximum atomic E-state index is 12.0. The lowest BCUT2D eigenvalue weighted by molar-refractivity contribution is -0.140. The lowest BCUT2D eigenvalue weighted by atomic mass is 10.1. The number of rotatable bonds is 10. The summed E-state index contributed by atoms with van der Waals surface area (Å²) in [6, 6.07) is 1.96. The van der Waals surface area contributed by atoms with Crippen LogP contribution in [0.15, 0.2) is 11.3 Å². The van der Waals surface area contributed by atoms with Crippen molar-refractivity contribution in [1.82, 2.24) is 5.32 Å². The van der Waals surface area contributed by atoms with Crippen molar-refractivity contribution < 1.29 is 19.0 Å². The Hall–Kier alpha value is -1.58. The lowest BCUT2D eigenvalue weighted by Gasteiger charge is -2.16. The molecule has 0 amide bonds. The van der Waals surface area contributed by atoms with Crippen molar-refractivity contribution in [3.05, 3.63) is 11.3 Å². The summed E-state index contributed by atoms with van der Waals surface area (Å²) in [5, 5.41) is 12.5. The quantitative estimate of drug-likeness (QED) is 0.287. The Morgan fingerprint density at radius 2 is 2.23 bits per heavy atom. The largest absolute Gasteiger partial charge is 0.459 e. The third kappa shape index (κ3) is 6.46. The van der Waals surface area contributed by atoms with Gasteiger partial charge in [-0.15, -0.1) is 0 Å². The molecular weight excluding hydrogens is 284 g/mol. The molecule has 22 heavy (non-hydrogen) atoms. The predicted molar refractivity (Wildman–Crippen MR) is 82.0 cm³/mol. The fourth-order valence-electron chi connectivity index (χ4n) is 2.24. The van der Waals surface area contributed by atoms with Crippen LogP contribution in [0, 0.1) is 11.3 Å². The fourth-order valence-corrected chi connectivity index (χ4v) is 2.24. The van der Waals surface area contributed by atoms with E-state index in [9.17, 15) is 10.1 Å². The van der Waals surface area contributed by atoms with Gasteiger partial charge in [-0.05, 0) is 26.2 Å². The zero-order valence-electron chi connectivity index (χ0n) is 13.5. The zero-order valence-corrected chi connectivity index (χ0v) is 13.5. The molecule has 0 spiro atoms. The molecule has 1 saturated heterocycles. The Kier molecular flexibility index (Phi) is 9.28. The summed E-state index contributed by atoms with van der Waals surface area (Å²) < 4.78 is 15.7. The Morgan fingerprint density at radius 1 is 1.41 bits per heavy atom. The molecule has 6 nitrogen and oxygen atoms in total. The van der Waals surface area contributed by atoms with Gasteiger partial charge in [0.05, 0.1) is 12.7 Å². The second kappa shape index (κ2) is 11.0. The van der Waals surface area contributed by atoms with E-state index < -0.39 is 5.97 Å². The second-order valence-electron chi connectivity index (χ2n) is 5.06. The minimum Gasteiger partial charge on any atom is -0.459 e. The summed E-state index contributed by atoms with van der Waals surface area (Å²) in [7, 11) is 0. The first-order valence-electron chi connectivity index (χ1n) is 7.96. The van der Waals surface area contributed by atoms with Crippen molar-refractivity contribution in [3.63, 3.8) is 0 Å². The van der Waals surface area contributed by atoms with E-state index in [4.69, 9.17) is 14.2 Å². The topological polar surface area (TPSA) is 80.6 Å². The molecule has 1 heterocycles. The fraction of sp³-hybridized carbons (Fsp3) is 0.750. The van der Waals surface area contributed by atoms with Crippen LogP contribution in [0.3, 0.4) is 0 Å². The van der Waals surface area contributed by atoms with Crippen LogP contribution in [0.5, 0.6) is 0 Å². The number of nitriles is 1. The first-order chi connectivity index (χ1) is 10.7. The van der Waals surface area contributed by atoms with Gasteiger partial charge in [-0.3, -0.25) is 0 Å². The molecule has 124 valence electrons. The van der Waals surface area contributed by atoms with E-state index in [1.54, 1.807) is 0 Å². The molecule has 1 aliphatic rings. The summed E-state index contributed by atoms with van der Waals surface area (Å²) in [6.07, 6.45) is 3.69. The van der Waals surface area contributed by atoms with Crippen LogP contribution in [0.1, 0.15) is 39.5 Å². The molecule has 1 unspecified atom stereocenters. The summed E-state index contributed by atoms with van der Waals surface area (Å²) in [6.45, 7) is 6.34. The van der Waals surface area contributed by atoms with Crippen LogP contribution >= 0.6 is 0 Å². The molecule has 1 aliphatic heterocycles. The van der Waals surface area contributed by atoms with Gasteiger partial charge in [0.1, 0.15) is 12.7 Å². The molecule has 0 aromatic rings. The number of nitrogens with zero attached hydrogens (tertiary/aromatic N) is 1. The van der Waals surface area contributed by atoms with Crippen molar-refractivity contribution in [3.8, 4) is 6.07 Å². The molecule has 6 heteroatoms. The first-order valence-corrected chi connectivity index (χ1v) is 7.96. The standard InChI is InChI=1S/C16H26N2O4/c1-3-6-15(18-12-13-7-5-8-21-13)14(11-17)16(19)22-10-9-20-4-2/h13,18H,3-10,12H2,1-2H3/b15-14-. The summed E-state index contributed by atoms with van der Waals surface area (Å²) in [5.74, 6) is -0.592. The van der Waals surface area contributed by atoms with Gasteiger partial charge in [0.25, 0.3) is 0 Å². The summed E-state index contributed by atoms with van der Waals surface area (Å²) in [5.41, 5.74) is 0.693. The zero-order chi connectivity index (χ0) is 16.2. The minimum absolute atomic E-state index is 0.0522. The van der Waals surface area contributed by atoms with Crippen LogP contribution in [0.4, 0.5) is 0 Å². The molecule has 0 aromatic heterocycles. The van der Waals surface area contributed by atoms with Gasteiger partial charge in [0.15, 0.2) is 5.57 Å². The lowest BCUT2D eigenvalue weighted by Crippen LogP contribution is -2.28. The van der Waals surface area contributed by atoms with E-state index in [0.29, 0.717) is 31.9 Å². The van der Waals surface area contributed by atoms with Gasteiger partial charge in [-0.25, -0.2) is 4.79 Å². The second-order valence-corrected chi connectivity index (χ2v) is 5.06. The third-order valence-corrected chi connectivity index (χ3v) is 3.35. The number of carbonyl (C=O) groups is 1. The van der Waals surface area contributed by atoms with Crippen molar-refractivity contribution in [2.24, 2.45) is 0 Å². The number of hydrogen-bond acceptors (Lipinski definition) is 6. The number of esters is 1. The highest BCUT2D eigenvalue weighted by Gasteiger charge is 2.19. The highest BCUT2D eigenvalue weighted by Crippen LogP contribution is 2.14. The number of carbonyl (C=O) groups excluding carboxylic acids is 1. The van der Waals surface area contributed by atoms with E-state index >= 15 is 0 Å². The van der Waals surface area contributed by atoms with Crippen LogP contribution in [-0.2, 0) is 19.0 Å². The van der Waals surface area contributed by atoms with E-state index in [2.05, 4.69) is 5.32 Å². The van der Waals surface area contributed by atoms with Crippen LogP contribution < -0.4 is 5.32 Å². The molecule has 0 bridgehead atoms.